The van der Waals surface area contributed by atoms with E-state index < -0.39 is 4.92 Å². The second-order valence-electron chi connectivity index (χ2n) is 5.37. The molecule has 1 aliphatic rings. The molecule has 1 aromatic rings. The van der Waals surface area contributed by atoms with Crippen molar-refractivity contribution in [1.29, 1.82) is 0 Å². The zero-order valence-corrected chi connectivity index (χ0v) is 12.1. The molecule has 2 rings (SSSR count). The van der Waals surface area contributed by atoms with Gasteiger partial charge in [-0.05, 0) is 25.8 Å². The fourth-order valence-corrected chi connectivity index (χ4v) is 2.98. The summed E-state index contributed by atoms with van der Waals surface area (Å²) >= 11 is 0. The number of benzene rings is 1. The number of nitro benzene ring substituents is 1. The van der Waals surface area contributed by atoms with Crippen molar-refractivity contribution in [1.82, 2.24) is 4.90 Å². The van der Waals surface area contributed by atoms with Crippen molar-refractivity contribution in [2.24, 2.45) is 0 Å². The Bertz CT molecular complexity index is 538. The molecule has 6 nitrogen and oxygen atoms in total. The second-order valence-corrected chi connectivity index (χ2v) is 5.37. The topological polar surface area (TPSA) is 83.7 Å². The number of nitrogens with zero attached hydrogens (tertiary/aromatic N) is 2. The van der Waals surface area contributed by atoms with Gasteiger partial charge < -0.3 is 10.0 Å². The summed E-state index contributed by atoms with van der Waals surface area (Å²) in [6, 6.07) is 4.68. The molecule has 0 aliphatic heterocycles. The van der Waals surface area contributed by atoms with Crippen LogP contribution in [0.2, 0.25) is 0 Å². The monoisotopic (exact) mass is 292 g/mol. The van der Waals surface area contributed by atoms with Crippen LogP contribution in [-0.2, 0) is 0 Å². The molecule has 0 unspecified atom stereocenters. The molecule has 1 N–H and O–H groups in total. The van der Waals surface area contributed by atoms with Gasteiger partial charge in [-0.3, -0.25) is 14.9 Å². The SMILES string of the molecule is Cc1c(C(=O)N(CCO)C2CCCC2)cccc1[N+](=O)[O-]. The van der Waals surface area contributed by atoms with E-state index in [9.17, 15) is 20.0 Å². The molecule has 1 aromatic carbocycles. The molecule has 1 aliphatic carbocycles. The third-order valence-corrected chi connectivity index (χ3v) is 4.10. The van der Waals surface area contributed by atoms with E-state index in [0.29, 0.717) is 11.1 Å². The number of rotatable bonds is 5. The third kappa shape index (κ3) is 3.21. The minimum absolute atomic E-state index is 0.0452. The molecule has 0 heterocycles. The van der Waals surface area contributed by atoms with Crippen LogP contribution in [0.3, 0.4) is 0 Å². The summed E-state index contributed by atoms with van der Waals surface area (Å²) in [6.45, 7) is 1.76. The first-order valence-corrected chi connectivity index (χ1v) is 7.22. The maximum atomic E-state index is 12.7. The minimum Gasteiger partial charge on any atom is -0.395 e. The summed E-state index contributed by atoms with van der Waals surface area (Å²) in [5, 5.41) is 20.2. The van der Waals surface area contributed by atoms with Gasteiger partial charge in [0.1, 0.15) is 0 Å². The molecule has 6 heteroatoms. The quantitative estimate of drug-likeness (QED) is 0.666. The van der Waals surface area contributed by atoms with Gasteiger partial charge in [-0.15, -0.1) is 0 Å². The van der Waals surface area contributed by atoms with E-state index >= 15 is 0 Å². The van der Waals surface area contributed by atoms with Gasteiger partial charge in [-0.1, -0.05) is 18.9 Å². The Morgan fingerprint density at radius 3 is 2.67 bits per heavy atom. The fraction of sp³-hybridized carbons (Fsp3) is 0.533. The van der Waals surface area contributed by atoms with Crippen LogP contribution in [0.1, 0.15) is 41.6 Å². The Hall–Kier alpha value is -1.95. The molecule has 1 fully saturated rings. The van der Waals surface area contributed by atoms with E-state index in [1.807, 2.05) is 0 Å². The Kier molecular flexibility index (Phi) is 4.90. The van der Waals surface area contributed by atoms with Gasteiger partial charge in [-0.2, -0.15) is 0 Å². The number of aliphatic hydroxyl groups is 1. The first-order valence-electron chi connectivity index (χ1n) is 7.22. The summed E-state index contributed by atoms with van der Waals surface area (Å²) in [6.07, 6.45) is 4.01. The fourth-order valence-electron chi connectivity index (χ4n) is 2.98. The Labute approximate surface area is 123 Å². The average Bonchev–Trinajstić information content (AvgIpc) is 2.98. The average molecular weight is 292 g/mol. The van der Waals surface area contributed by atoms with Crippen LogP contribution in [0.4, 0.5) is 5.69 Å². The molecule has 0 aromatic heterocycles. The number of hydrogen-bond donors (Lipinski definition) is 1. The van der Waals surface area contributed by atoms with E-state index in [1.165, 1.54) is 12.1 Å². The Morgan fingerprint density at radius 2 is 2.10 bits per heavy atom. The van der Waals surface area contributed by atoms with Crippen molar-refractivity contribution in [3.63, 3.8) is 0 Å². The zero-order valence-electron chi connectivity index (χ0n) is 12.1. The molecule has 114 valence electrons. The number of carbonyl (C=O) groups excluding carboxylic acids is 1. The van der Waals surface area contributed by atoms with E-state index in [-0.39, 0.29) is 30.8 Å². The molecule has 1 saturated carbocycles. The smallest absolute Gasteiger partial charge is 0.273 e. The van der Waals surface area contributed by atoms with Crippen molar-refractivity contribution in [3.05, 3.63) is 39.4 Å². The third-order valence-electron chi connectivity index (χ3n) is 4.10. The molecule has 0 bridgehead atoms. The lowest BCUT2D eigenvalue weighted by Crippen LogP contribution is -2.41. The van der Waals surface area contributed by atoms with Gasteiger partial charge in [0.05, 0.1) is 11.5 Å². The van der Waals surface area contributed by atoms with Crippen molar-refractivity contribution in [2.75, 3.05) is 13.2 Å². The van der Waals surface area contributed by atoms with Crippen LogP contribution < -0.4 is 0 Å². The number of nitro groups is 1. The highest BCUT2D eigenvalue weighted by atomic mass is 16.6. The van der Waals surface area contributed by atoms with E-state index in [1.54, 1.807) is 17.9 Å². The first-order chi connectivity index (χ1) is 10.1. The van der Waals surface area contributed by atoms with Gasteiger partial charge in [0.25, 0.3) is 11.6 Å². The highest BCUT2D eigenvalue weighted by Gasteiger charge is 2.29. The lowest BCUT2D eigenvalue weighted by molar-refractivity contribution is -0.385. The van der Waals surface area contributed by atoms with Gasteiger partial charge >= 0.3 is 0 Å². The number of amides is 1. The second kappa shape index (κ2) is 6.67. The zero-order chi connectivity index (χ0) is 15.4. The molecular formula is C15H20N2O4. The van der Waals surface area contributed by atoms with Crippen LogP contribution in [0, 0.1) is 17.0 Å². The van der Waals surface area contributed by atoms with Gasteiger partial charge in [0.2, 0.25) is 0 Å². The summed E-state index contributed by atoms with van der Waals surface area (Å²) in [7, 11) is 0. The van der Waals surface area contributed by atoms with Gasteiger partial charge in [-0.25, -0.2) is 0 Å². The standard InChI is InChI=1S/C15H20N2O4/c1-11-13(7-4-8-14(11)17(20)21)15(19)16(9-10-18)12-5-2-3-6-12/h4,7-8,12,18H,2-3,5-6,9-10H2,1H3. The van der Waals surface area contributed by atoms with Crippen LogP contribution in [-0.4, -0.2) is 40.0 Å². The largest absolute Gasteiger partial charge is 0.395 e. The lowest BCUT2D eigenvalue weighted by Gasteiger charge is -2.28. The number of hydrogen-bond acceptors (Lipinski definition) is 4. The molecule has 0 radical (unpaired) electrons. The molecule has 0 saturated heterocycles. The molecule has 0 spiro atoms. The summed E-state index contributed by atoms with van der Waals surface area (Å²) in [5.41, 5.74) is 0.689. The lowest BCUT2D eigenvalue weighted by atomic mass is 10.0. The Balaban J connectivity index is 2.32. The Morgan fingerprint density at radius 1 is 1.43 bits per heavy atom. The van der Waals surface area contributed by atoms with Gasteiger partial charge in [0.15, 0.2) is 0 Å². The minimum atomic E-state index is -0.474. The molecule has 1 amide bonds. The van der Waals surface area contributed by atoms with Crippen LogP contribution in [0.5, 0.6) is 0 Å². The van der Waals surface area contributed by atoms with Crippen molar-refractivity contribution in [3.8, 4) is 0 Å². The van der Waals surface area contributed by atoms with E-state index in [2.05, 4.69) is 0 Å². The van der Waals surface area contributed by atoms with Crippen LogP contribution in [0.25, 0.3) is 0 Å². The summed E-state index contributed by atoms with van der Waals surface area (Å²) in [5.74, 6) is -0.225. The first kappa shape index (κ1) is 15.4. The van der Waals surface area contributed by atoms with Crippen LogP contribution in [0.15, 0.2) is 18.2 Å². The van der Waals surface area contributed by atoms with Crippen molar-refractivity contribution >= 4 is 11.6 Å². The van der Waals surface area contributed by atoms with E-state index in [4.69, 9.17) is 0 Å². The summed E-state index contributed by atoms with van der Waals surface area (Å²) in [4.78, 5) is 24.9. The highest BCUT2D eigenvalue weighted by Crippen LogP contribution is 2.27. The predicted molar refractivity (Wildman–Crippen MR) is 78.2 cm³/mol. The highest BCUT2D eigenvalue weighted by molar-refractivity contribution is 5.96. The van der Waals surface area contributed by atoms with Crippen LogP contribution >= 0.6 is 0 Å². The molecule has 21 heavy (non-hydrogen) atoms. The predicted octanol–water partition coefficient (Wildman–Crippen LogP) is 2.28. The summed E-state index contributed by atoms with van der Waals surface area (Å²) < 4.78 is 0. The maximum Gasteiger partial charge on any atom is 0.273 e. The number of aliphatic hydroxyl groups excluding tert-OH is 1. The molecule has 0 atom stereocenters. The van der Waals surface area contributed by atoms with Crippen molar-refractivity contribution in [2.45, 2.75) is 38.6 Å². The number of carbonyl (C=O) groups is 1. The maximum absolute atomic E-state index is 12.7. The van der Waals surface area contributed by atoms with Crippen molar-refractivity contribution < 1.29 is 14.8 Å². The normalized spacial score (nSPS) is 15.1. The van der Waals surface area contributed by atoms with Gasteiger partial charge in [0, 0.05) is 29.8 Å². The van der Waals surface area contributed by atoms with E-state index in [0.717, 1.165) is 25.7 Å². The molecular weight excluding hydrogens is 272 g/mol.